The first-order valence-electron chi connectivity index (χ1n) is 6.96. The van der Waals surface area contributed by atoms with E-state index in [0.29, 0.717) is 11.6 Å². The molecule has 2 N–H and O–H groups in total. The summed E-state index contributed by atoms with van der Waals surface area (Å²) in [5.41, 5.74) is 3.83. The lowest BCUT2D eigenvalue weighted by Gasteiger charge is -2.23. The van der Waals surface area contributed by atoms with Gasteiger partial charge < -0.3 is 15.2 Å². The van der Waals surface area contributed by atoms with E-state index in [1.807, 2.05) is 0 Å². The van der Waals surface area contributed by atoms with Gasteiger partial charge in [0.2, 0.25) is 5.95 Å². The molecule has 0 amide bonds. The van der Waals surface area contributed by atoms with Crippen molar-refractivity contribution in [1.29, 1.82) is 0 Å². The van der Waals surface area contributed by atoms with Gasteiger partial charge in [-0.3, -0.25) is 0 Å². The highest BCUT2D eigenvalue weighted by Crippen LogP contribution is 2.29. The number of aromatic amines is 1. The van der Waals surface area contributed by atoms with Gasteiger partial charge in [0.25, 0.3) is 0 Å². The Kier molecular flexibility index (Phi) is 3.43. The van der Waals surface area contributed by atoms with E-state index in [9.17, 15) is 0 Å². The van der Waals surface area contributed by atoms with E-state index in [1.54, 1.807) is 13.4 Å². The van der Waals surface area contributed by atoms with Crippen molar-refractivity contribution in [1.82, 2.24) is 19.9 Å². The van der Waals surface area contributed by atoms with Crippen LogP contribution in [0.15, 0.2) is 30.6 Å². The Balaban J connectivity index is 2.18. The fourth-order valence-electron chi connectivity index (χ4n) is 2.38. The molecule has 0 spiro atoms. The average Bonchev–Trinajstić information content (AvgIpc) is 2.96. The van der Waals surface area contributed by atoms with E-state index < -0.39 is 0 Å². The fraction of sp³-hybridized carbons (Fsp3) is 0.267. The zero-order valence-electron chi connectivity index (χ0n) is 12.4. The van der Waals surface area contributed by atoms with Gasteiger partial charge >= 0.3 is 0 Å². The number of nitrogens with one attached hydrogen (secondary N) is 2. The van der Waals surface area contributed by atoms with Gasteiger partial charge in [-0.25, -0.2) is 4.98 Å². The van der Waals surface area contributed by atoms with Crippen LogP contribution < -0.4 is 10.2 Å². The van der Waals surface area contributed by atoms with Gasteiger partial charge in [-0.1, -0.05) is 12.1 Å². The van der Waals surface area contributed by atoms with Gasteiger partial charge in [-0.15, -0.1) is 0 Å². The molecule has 0 atom stereocenters. The van der Waals surface area contributed by atoms with Crippen LogP contribution in [0.1, 0.15) is 12.5 Å². The molecule has 0 saturated heterocycles. The van der Waals surface area contributed by atoms with E-state index in [2.05, 4.69) is 68.3 Å². The molecular weight excluding hydrogens is 264 g/mol. The molecule has 3 aromatic rings. The maximum absolute atomic E-state index is 4.60. The van der Waals surface area contributed by atoms with E-state index >= 15 is 0 Å². The van der Waals surface area contributed by atoms with Crippen molar-refractivity contribution in [3.63, 3.8) is 0 Å². The van der Waals surface area contributed by atoms with Crippen LogP contribution in [-0.4, -0.2) is 33.5 Å². The number of nitrogens with zero attached hydrogens (tertiary/aromatic N) is 4. The number of benzene rings is 1. The minimum absolute atomic E-state index is 0.565. The summed E-state index contributed by atoms with van der Waals surface area (Å²) < 4.78 is 0. The smallest absolute Gasteiger partial charge is 0.226 e. The first kappa shape index (κ1) is 13.4. The highest BCUT2D eigenvalue weighted by molar-refractivity contribution is 5.87. The monoisotopic (exact) mass is 282 g/mol. The zero-order chi connectivity index (χ0) is 14.8. The van der Waals surface area contributed by atoms with Crippen molar-refractivity contribution in [2.24, 2.45) is 0 Å². The standard InChI is InChI=1S/C15H18N6/c1-4-21(11-7-5-6-10(2)8-11)14-12-13(18-9-17-12)19-15(16-3)20-14/h5-9H,4H2,1-3H3,(H2,16,17,18,19,20). The van der Waals surface area contributed by atoms with Crippen molar-refractivity contribution in [2.75, 3.05) is 23.8 Å². The second-order valence-electron chi connectivity index (χ2n) is 4.81. The second kappa shape index (κ2) is 5.40. The Morgan fingerprint density at radius 1 is 1.29 bits per heavy atom. The summed E-state index contributed by atoms with van der Waals surface area (Å²) in [5.74, 6) is 1.39. The Hall–Kier alpha value is -2.63. The van der Waals surface area contributed by atoms with Gasteiger partial charge in [-0.2, -0.15) is 9.97 Å². The molecule has 0 bridgehead atoms. The van der Waals surface area contributed by atoms with Crippen LogP contribution in [0.25, 0.3) is 11.2 Å². The summed E-state index contributed by atoms with van der Waals surface area (Å²) in [4.78, 5) is 18.5. The molecule has 0 unspecified atom stereocenters. The molecule has 6 heteroatoms. The third-order valence-corrected chi connectivity index (χ3v) is 3.38. The summed E-state index contributed by atoms with van der Waals surface area (Å²) >= 11 is 0. The molecule has 2 aromatic heterocycles. The summed E-state index contributed by atoms with van der Waals surface area (Å²) in [7, 11) is 1.81. The summed E-state index contributed by atoms with van der Waals surface area (Å²) in [6.45, 7) is 4.99. The quantitative estimate of drug-likeness (QED) is 0.770. The van der Waals surface area contributed by atoms with Crippen molar-refractivity contribution >= 4 is 28.6 Å². The lowest BCUT2D eigenvalue weighted by molar-refractivity contribution is 0.986. The third-order valence-electron chi connectivity index (χ3n) is 3.38. The highest BCUT2D eigenvalue weighted by Gasteiger charge is 2.16. The average molecular weight is 282 g/mol. The van der Waals surface area contributed by atoms with Crippen LogP contribution in [0, 0.1) is 6.92 Å². The van der Waals surface area contributed by atoms with Crippen LogP contribution >= 0.6 is 0 Å². The number of hydrogen-bond acceptors (Lipinski definition) is 5. The number of H-pyrrole nitrogens is 1. The minimum atomic E-state index is 0.565. The van der Waals surface area contributed by atoms with Gasteiger partial charge in [0.05, 0.1) is 6.33 Å². The Labute approximate surface area is 123 Å². The van der Waals surface area contributed by atoms with Crippen LogP contribution in [0.5, 0.6) is 0 Å². The molecule has 1 aromatic carbocycles. The third kappa shape index (κ3) is 2.40. The van der Waals surface area contributed by atoms with Crippen molar-refractivity contribution in [3.05, 3.63) is 36.2 Å². The van der Waals surface area contributed by atoms with Crippen molar-refractivity contribution in [3.8, 4) is 0 Å². The maximum atomic E-state index is 4.60. The number of imidazole rings is 1. The molecule has 3 rings (SSSR count). The lowest BCUT2D eigenvalue weighted by Crippen LogP contribution is -2.19. The molecule has 0 aliphatic carbocycles. The SMILES string of the molecule is CCN(c1cccc(C)c1)c1nc(NC)nc2nc[nH]c12. The number of rotatable bonds is 4. The highest BCUT2D eigenvalue weighted by atomic mass is 15.2. The van der Waals surface area contributed by atoms with Gasteiger partial charge in [0, 0.05) is 19.3 Å². The van der Waals surface area contributed by atoms with Crippen LogP contribution in [-0.2, 0) is 0 Å². The topological polar surface area (TPSA) is 69.7 Å². The van der Waals surface area contributed by atoms with E-state index in [4.69, 9.17) is 0 Å². The van der Waals surface area contributed by atoms with Gasteiger partial charge in [0.1, 0.15) is 5.52 Å². The fourth-order valence-corrected chi connectivity index (χ4v) is 2.38. The first-order chi connectivity index (χ1) is 10.2. The van der Waals surface area contributed by atoms with E-state index in [-0.39, 0.29) is 0 Å². The Morgan fingerprint density at radius 3 is 2.86 bits per heavy atom. The van der Waals surface area contributed by atoms with E-state index in [1.165, 1.54) is 5.56 Å². The summed E-state index contributed by atoms with van der Waals surface area (Å²) in [6.07, 6.45) is 1.65. The number of fused-ring (bicyclic) bond motifs is 1. The summed E-state index contributed by atoms with van der Waals surface area (Å²) in [6, 6.07) is 8.37. The predicted molar refractivity (Wildman–Crippen MR) is 85.1 cm³/mol. The Bertz CT molecular complexity index is 764. The number of anilines is 3. The molecule has 0 saturated carbocycles. The number of hydrogen-bond donors (Lipinski definition) is 2. The largest absolute Gasteiger partial charge is 0.357 e. The number of aromatic nitrogens is 4. The minimum Gasteiger partial charge on any atom is -0.357 e. The van der Waals surface area contributed by atoms with Gasteiger partial charge in [0.15, 0.2) is 11.5 Å². The molecule has 0 radical (unpaired) electrons. The molecule has 108 valence electrons. The van der Waals surface area contributed by atoms with Gasteiger partial charge in [-0.05, 0) is 31.5 Å². The normalized spacial score (nSPS) is 10.8. The lowest BCUT2D eigenvalue weighted by atomic mass is 10.2. The second-order valence-corrected chi connectivity index (χ2v) is 4.81. The molecule has 0 aliphatic heterocycles. The molecular formula is C15H18N6. The number of aryl methyl sites for hydroxylation is 1. The zero-order valence-corrected chi connectivity index (χ0v) is 12.4. The van der Waals surface area contributed by atoms with E-state index in [0.717, 1.165) is 23.6 Å². The summed E-state index contributed by atoms with van der Waals surface area (Å²) in [5, 5.41) is 2.99. The molecule has 21 heavy (non-hydrogen) atoms. The van der Waals surface area contributed by atoms with Crippen LogP contribution in [0.2, 0.25) is 0 Å². The Morgan fingerprint density at radius 2 is 2.14 bits per heavy atom. The molecule has 2 heterocycles. The predicted octanol–water partition coefficient (Wildman–Crippen LogP) is 2.86. The van der Waals surface area contributed by atoms with Crippen molar-refractivity contribution in [2.45, 2.75) is 13.8 Å². The molecule has 6 nitrogen and oxygen atoms in total. The molecule has 0 fully saturated rings. The first-order valence-corrected chi connectivity index (χ1v) is 6.96. The van der Waals surface area contributed by atoms with Crippen LogP contribution in [0.4, 0.5) is 17.5 Å². The van der Waals surface area contributed by atoms with Crippen LogP contribution in [0.3, 0.4) is 0 Å². The maximum Gasteiger partial charge on any atom is 0.226 e. The molecule has 0 aliphatic rings. The van der Waals surface area contributed by atoms with Crippen molar-refractivity contribution < 1.29 is 0 Å².